The zero-order chi connectivity index (χ0) is 14.2. The third-order valence-corrected chi connectivity index (χ3v) is 5.65. The molecule has 0 aromatic carbocycles. The van der Waals surface area contributed by atoms with E-state index in [1.165, 1.54) is 17.5 Å². The summed E-state index contributed by atoms with van der Waals surface area (Å²) >= 11 is 1.50. The van der Waals surface area contributed by atoms with Crippen LogP contribution in [0.2, 0.25) is 0 Å². The molecule has 19 heavy (non-hydrogen) atoms. The molecule has 2 aromatic heterocycles. The van der Waals surface area contributed by atoms with Crippen molar-refractivity contribution in [3.05, 3.63) is 27.5 Å². The van der Waals surface area contributed by atoms with Crippen LogP contribution in [0.3, 0.4) is 0 Å². The third kappa shape index (κ3) is 2.85. The van der Waals surface area contributed by atoms with Gasteiger partial charge in [-0.1, -0.05) is 0 Å². The normalized spacial score (nSPS) is 13.7. The molecule has 0 saturated heterocycles. The van der Waals surface area contributed by atoms with Crippen molar-refractivity contribution in [2.45, 2.75) is 38.6 Å². The molecule has 8 heteroatoms. The monoisotopic (exact) mass is 300 g/mol. The number of hydrogen-bond acceptors (Lipinski definition) is 5. The lowest BCUT2D eigenvalue weighted by Crippen LogP contribution is -2.27. The van der Waals surface area contributed by atoms with Crippen molar-refractivity contribution in [3.8, 4) is 0 Å². The van der Waals surface area contributed by atoms with E-state index in [2.05, 4.69) is 19.9 Å². The van der Waals surface area contributed by atoms with Gasteiger partial charge in [0.1, 0.15) is 4.90 Å². The minimum absolute atomic E-state index is 0.179. The van der Waals surface area contributed by atoms with Crippen molar-refractivity contribution < 1.29 is 8.42 Å². The van der Waals surface area contributed by atoms with Crippen LogP contribution in [0.15, 0.2) is 11.1 Å². The van der Waals surface area contributed by atoms with Crippen LogP contribution < -0.4 is 4.72 Å². The Labute approximate surface area is 116 Å². The molecule has 2 N–H and O–H groups in total. The topological polar surface area (TPSA) is 87.7 Å². The number of nitrogens with one attached hydrogen (secondary N) is 2. The predicted octanol–water partition coefficient (Wildman–Crippen LogP) is 1.83. The number of sulfonamides is 1. The Hall–Kier alpha value is -1.25. The molecule has 1 atom stereocenters. The van der Waals surface area contributed by atoms with E-state index in [-0.39, 0.29) is 10.9 Å². The largest absolute Gasteiger partial charge is 0.281 e. The molecule has 0 aliphatic heterocycles. The highest BCUT2D eigenvalue weighted by Gasteiger charge is 2.23. The number of rotatable bonds is 4. The molecule has 2 heterocycles. The van der Waals surface area contributed by atoms with Gasteiger partial charge < -0.3 is 0 Å². The number of aromatic amines is 1. The molecular weight excluding hydrogens is 284 g/mol. The average Bonchev–Trinajstić information content (AvgIpc) is 2.84. The fourth-order valence-corrected chi connectivity index (χ4v) is 4.26. The zero-order valence-electron chi connectivity index (χ0n) is 11.2. The lowest BCUT2D eigenvalue weighted by molar-refractivity contribution is 0.567. The van der Waals surface area contributed by atoms with Gasteiger partial charge in [-0.25, -0.2) is 18.1 Å². The van der Waals surface area contributed by atoms with Crippen LogP contribution in [0.1, 0.15) is 34.2 Å². The maximum atomic E-state index is 12.2. The van der Waals surface area contributed by atoms with Crippen molar-refractivity contribution in [1.29, 1.82) is 0 Å². The van der Waals surface area contributed by atoms with Gasteiger partial charge in [0, 0.05) is 4.88 Å². The number of aryl methyl sites for hydroxylation is 3. The van der Waals surface area contributed by atoms with Crippen LogP contribution in [0.25, 0.3) is 0 Å². The molecule has 0 saturated carbocycles. The summed E-state index contributed by atoms with van der Waals surface area (Å²) in [6.45, 7) is 7.27. The minimum atomic E-state index is -3.57. The Morgan fingerprint density at radius 3 is 2.53 bits per heavy atom. The molecule has 6 nitrogen and oxygen atoms in total. The van der Waals surface area contributed by atoms with Crippen LogP contribution in [0.5, 0.6) is 0 Å². The quantitative estimate of drug-likeness (QED) is 0.901. The van der Waals surface area contributed by atoms with E-state index in [0.29, 0.717) is 5.69 Å². The van der Waals surface area contributed by atoms with Crippen molar-refractivity contribution in [3.63, 3.8) is 0 Å². The lowest BCUT2D eigenvalue weighted by Gasteiger charge is -2.12. The number of aromatic nitrogens is 3. The summed E-state index contributed by atoms with van der Waals surface area (Å²) in [5.41, 5.74) is 1.39. The van der Waals surface area contributed by atoms with Crippen LogP contribution in [-0.4, -0.2) is 23.6 Å². The summed E-state index contributed by atoms with van der Waals surface area (Å²) in [7, 11) is -3.57. The first-order valence-electron chi connectivity index (χ1n) is 5.77. The summed E-state index contributed by atoms with van der Waals surface area (Å²) in [6, 6.07) is -0.314. The Balaban J connectivity index is 2.26. The third-order valence-electron chi connectivity index (χ3n) is 2.74. The van der Waals surface area contributed by atoms with Gasteiger partial charge in [0.25, 0.3) is 0 Å². The molecule has 0 fully saturated rings. The smallest absolute Gasteiger partial charge is 0.244 e. The van der Waals surface area contributed by atoms with E-state index >= 15 is 0 Å². The van der Waals surface area contributed by atoms with Crippen LogP contribution in [-0.2, 0) is 10.0 Å². The highest BCUT2D eigenvalue weighted by molar-refractivity contribution is 7.89. The number of hydrogen-bond donors (Lipinski definition) is 2. The van der Waals surface area contributed by atoms with Crippen molar-refractivity contribution >= 4 is 21.4 Å². The fraction of sp³-hybridized carbons (Fsp3) is 0.455. The highest BCUT2D eigenvalue weighted by atomic mass is 32.2. The van der Waals surface area contributed by atoms with Gasteiger partial charge in [-0.15, -0.1) is 11.3 Å². The SMILES string of the molecule is Cc1nc(C)c(C(C)NS(=O)(=O)c2cn[nH]c2C)s1. The first kappa shape index (κ1) is 14.2. The first-order chi connectivity index (χ1) is 8.81. The second kappa shape index (κ2) is 5.03. The molecule has 2 rings (SSSR count). The molecule has 0 aliphatic rings. The summed E-state index contributed by atoms with van der Waals surface area (Å²) in [6.07, 6.45) is 1.31. The van der Waals surface area contributed by atoms with E-state index < -0.39 is 10.0 Å². The summed E-state index contributed by atoms with van der Waals surface area (Å²) in [4.78, 5) is 5.42. The molecule has 0 bridgehead atoms. The van der Waals surface area contributed by atoms with Crippen molar-refractivity contribution in [1.82, 2.24) is 19.9 Å². The number of thiazole rings is 1. The lowest BCUT2D eigenvalue weighted by atomic mass is 10.2. The number of H-pyrrole nitrogens is 1. The summed E-state index contributed by atoms with van der Waals surface area (Å²) < 4.78 is 27.1. The first-order valence-corrected chi connectivity index (χ1v) is 8.07. The molecular formula is C11H16N4O2S2. The average molecular weight is 300 g/mol. The minimum Gasteiger partial charge on any atom is -0.281 e. The van der Waals surface area contributed by atoms with Gasteiger partial charge in [0.2, 0.25) is 10.0 Å². The van der Waals surface area contributed by atoms with E-state index in [4.69, 9.17) is 0 Å². The Morgan fingerprint density at radius 2 is 2.05 bits per heavy atom. The maximum absolute atomic E-state index is 12.2. The highest BCUT2D eigenvalue weighted by Crippen LogP contribution is 2.26. The standard InChI is InChI=1S/C11H16N4O2S2/c1-6-10(5-12-14-6)19(16,17)15-8(3)11-7(2)13-9(4)18-11/h5,8,15H,1-4H3,(H,12,14). The van der Waals surface area contributed by atoms with Gasteiger partial charge in [-0.2, -0.15) is 5.10 Å². The zero-order valence-corrected chi connectivity index (χ0v) is 12.8. The van der Waals surface area contributed by atoms with E-state index in [1.807, 2.05) is 20.8 Å². The molecule has 1 unspecified atom stereocenters. The van der Waals surface area contributed by atoms with Gasteiger partial charge in [0.05, 0.1) is 28.6 Å². The van der Waals surface area contributed by atoms with Crippen molar-refractivity contribution in [2.75, 3.05) is 0 Å². The van der Waals surface area contributed by atoms with E-state index in [9.17, 15) is 8.42 Å². The summed E-state index contributed by atoms with van der Waals surface area (Å²) in [5.74, 6) is 0. The Morgan fingerprint density at radius 1 is 1.37 bits per heavy atom. The fourth-order valence-electron chi connectivity index (χ4n) is 1.91. The summed E-state index contributed by atoms with van der Waals surface area (Å²) in [5, 5.41) is 7.29. The second-order valence-electron chi connectivity index (χ2n) is 4.38. The predicted molar refractivity (Wildman–Crippen MR) is 73.6 cm³/mol. The molecule has 104 valence electrons. The van der Waals surface area contributed by atoms with Gasteiger partial charge in [0.15, 0.2) is 0 Å². The second-order valence-corrected chi connectivity index (χ2v) is 7.30. The van der Waals surface area contributed by atoms with Gasteiger partial charge in [-0.3, -0.25) is 5.10 Å². The number of nitrogens with zero attached hydrogens (tertiary/aromatic N) is 2. The van der Waals surface area contributed by atoms with Crippen molar-refractivity contribution in [2.24, 2.45) is 0 Å². The molecule has 0 radical (unpaired) electrons. The molecule has 2 aromatic rings. The van der Waals surface area contributed by atoms with Crippen LogP contribution >= 0.6 is 11.3 Å². The molecule has 0 amide bonds. The maximum Gasteiger partial charge on any atom is 0.244 e. The van der Waals surface area contributed by atoms with Gasteiger partial charge >= 0.3 is 0 Å². The van der Waals surface area contributed by atoms with Crippen LogP contribution in [0, 0.1) is 20.8 Å². The Kier molecular flexibility index (Phi) is 3.75. The van der Waals surface area contributed by atoms with E-state index in [0.717, 1.165) is 15.6 Å². The van der Waals surface area contributed by atoms with Gasteiger partial charge in [-0.05, 0) is 27.7 Å². The molecule has 0 spiro atoms. The van der Waals surface area contributed by atoms with E-state index in [1.54, 1.807) is 6.92 Å². The molecule has 0 aliphatic carbocycles. The Bertz CT molecular complexity index is 687. The van der Waals surface area contributed by atoms with Crippen LogP contribution in [0.4, 0.5) is 0 Å².